The minimum absolute atomic E-state index is 0.257. The first kappa shape index (κ1) is 22.4. The zero-order valence-electron chi connectivity index (χ0n) is 17.0. The van der Waals surface area contributed by atoms with Crippen LogP contribution in [-0.2, 0) is 20.7 Å². The van der Waals surface area contributed by atoms with Gasteiger partial charge in [-0.1, -0.05) is 43.2 Å². The summed E-state index contributed by atoms with van der Waals surface area (Å²) in [5, 5.41) is 16.5. The molecule has 1 aliphatic rings. The van der Waals surface area contributed by atoms with Gasteiger partial charge in [0.15, 0.2) is 0 Å². The third-order valence-electron chi connectivity index (χ3n) is 5.64. The highest BCUT2D eigenvalue weighted by Gasteiger charge is 2.35. The Kier molecular flexibility index (Phi) is 9.44. The molecule has 1 aliphatic carbocycles. The summed E-state index contributed by atoms with van der Waals surface area (Å²) in [7, 11) is 3.27. The Morgan fingerprint density at radius 2 is 1.96 bits per heavy atom. The zero-order valence-corrected chi connectivity index (χ0v) is 17.0. The van der Waals surface area contributed by atoms with Gasteiger partial charge in [-0.2, -0.15) is 0 Å². The van der Waals surface area contributed by atoms with E-state index in [0.717, 1.165) is 37.8 Å². The van der Waals surface area contributed by atoms with E-state index in [-0.39, 0.29) is 5.91 Å². The Morgan fingerprint density at radius 1 is 1.21 bits per heavy atom. The number of hydrogen-bond acceptors (Lipinski definition) is 5. The molecule has 1 saturated carbocycles. The highest BCUT2D eigenvalue weighted by atomic mass is 16.5. The van der Waals surface area contributed by atoms with Crippen LogP contribution in [-0.4, -0.2) is 49.8 Å². The van der Waals surface area contributed by atoms with Gasteiger partial charge in [-0.25, -0.2) is 4.79 Å². The summed E-state index contributed by atoms with van der Waals surface area (Å²) in [5.74, 6) is -0.717. The molecular weight excluding hydrogens is 356 g/mol. The molecule has 1 amide bonds. The summed E-state index contributed by atoms with van der Waals surface area (Å²) in [6, 6.07) is 8.78. The van der Waals surface area contributed by atoms with Crippen LogP contribution in [0.5, 0.6) is 0 Å². The number of hydrogen-bond donors (Lipinski definition) is 3. The first-order chi connectivity index (χ1) is 13.5. The summed E-state index contributed by atoms with van der Waals surface area (Å²) in [5.41, 5.74) is 0.948. The van der Waals surface area contributed by atoms with E-state index < -0.39 is 24.0 Å². The molecule has 3 unspecified atom stereocenters. The fourth-order valence-corrected chi connectivity index (χ4v) is 4.00. The van der Waals surface area contributed by atoms with Gasteiger partial charge in [0, 0.05) is 6.42 Å². The van der Waals surface area contributed by atoms with E-state index in [4.69, 9.17) is 4.74 Å². The second-order valence-corrected chi connectivity index (χ2v) is 7.73. The Bertz CT molecular complexity index is 608. The van der Waals surface area contributed by atoms with Gasteiger partial charge in [0.05, 0.1) is 19.1 Å². The number of nitrogens with one attached hydrogen (secondary N) is 2. The molecule has 0 bridgehead atoms. The van der Waals surface area contributed by atoms with Gasteiger partial charge in [-0.15, -0.1) is 0 Å². The maximum absolute atomic E-state index is 12.7. The van der Waals surface area contributed by atoms with Gasteiger partial charge in [0.1, 0.15) is 6.04 Å². The van der Waals surface area contributed by atoms with Gasteiger partial charge in [-0.3, -0.25) is 4.79 Å². The van der Waals surface area contributed by atoms with Crippen molar-refractivity contribution in [2.45, 2.75) is 57.1 Å². The molecular formula is C22H34N2O4. The second kappa shape index (κ2) is 11.8. The van der Waals surface area contributed by atoms with Crippen LogP contribution in [0.25, 0.3) is 0 Å². The predicted molar refractivity (Wildman–Crippen MR) is 109 cm³/mol. The number of carbonyl (C=O) groups excluding carboxylic acids is 2. The van der Waals surface area contributed by atoms with Gasteiger partial charge in [0.25, 0.3) is 0 Å². The predicted octanol–water partition coefficient (Wildman–Crippen LogP) is 2.05. The van der Waals surface area contributed by atoms with Crippen molar-refractivity contribution in [3.05, 3.63) is 35.9 Å². The highest BCUT2D eigenvalue weighted by molar-refractivity contribution is 5.86. The average Bonchev–Trinajstić information content (AvgIpc) is 2.71. The smallest absolute Gasteiger partial charge is 0.328 e. The quantitative estimate of drug-likeness (QED) is 0.420. The molecule has 6 heteroatoms. The topological polar surface area (TPSA) is 87.7 Å². The largest absolute Gasteiger partial charge is 0.467 e. The van der Waals surface area contributed by atoms with Crippen LogP contribution in [0.4, 0.5) is 0 Å². The Hall–Kier alpha value is -1.92. The molecule has 1 fully saturated rings. The maximum atomic E-state index is 12.7. The molecule has 0 radical (unpaired) electrons. The molecule has 156 valence electrons. The fourth-order valence-electron chi connectivity index (χ4n) is 4.00. The number of aliphatic hydroxyl groups excluding tert-OH is 1. The van der Waals surface area contributed by atoms with Gasteiger partial charge in [0.2, 0.25) is 5.91 Å². The Morgan fingerprint density at radius 3 is 2.61 bits per heavy atom. The summed E-state index contributed by atoms with van der Waals surface area (Å²) in [6.45, 7) is 1.01. The molecule has 0 spiro atoms. The van der Waals surface area contributed by atoms with Gasteiger partial charge >= 0.3 is 5.97 Å². The maximum Gasteiger partial charge on any atom is 0.328 e. The van der Waals surface area contributed by atoms with Crippen LogP contribution in [0.1, 0.15) is 44.1 Å². The van der Waals surface area contributed by atoms with Gasteiger partial charge < -0.3 is 20.5 Å². The molecule has 0 saturated heterocycles. The fraction of sp³-hybridized carbons (Fsp3) is 0.636. The minimum Gasteiger partial charge on any atom is -0.467 e. The van der Waals surface area contributed by atoms with Crippen molar-refractivity contribution in [2.75, 3.05) is 20.7 Å². The van der Waals surface area contributed by atoms with Crippen molar-refractivity contribution in [2.24, 2.45) is 11.8 Å². The summed E-state index contributed by atoms with van der Waals surface area (Å²) < 4.78 is 4.86. The number of amides is 1. The number of esters is 1. The van der Waals surface area contributed by atoms with E-state index in [9.17, 15) is 14.7 Å². The Labute approximate surface area is 168 Å². The number of aliphatic hydroxyl groups is 1. The summed E-state index contributed by atoms with van der Waals surface area (Å²) in [4.78, 5) is 24.9. The van der Waals surface area contributed by atoms with Crippen LogP contribution >= 0.6 is 0 Å². The lowest BCUT2D eigenvalue weighted by Crippen LogP contribution is -2.49. The lowest BCUT2D eigenvalue weighted by molar-refractivity contribution is -0.146. The van der Waals surface area contributed by atoms with Crippen molar-refractivity contribution in [1.82, 2.24) is 10.6 Å². The first-order valence-corrected chi connectivity index (χ1v) is 10.3. The normalized spacial score (nSPS) is 23.0. The number of unbranched alkanes of at least 4 members (excludes halogenated alkanes) is 1. The highest BCUT2D eigenvalue weighted by Crippen LogP contribution is 2.32. The summed E-state index contributed by atoms with van der Waals surface area (Å²) >= 11 is 0. The number of benzene rings is 1. The van der Waals surface area contributed by atoms with Crippen LogP contribution in [0.15, 0.2) is 30.3 Å². The number of methoxy groups -OCH3 is 1. The third-order valence-corrected chi connectivity index (χ3v) is 5.64. The van der Waals surface area contributed by atoms with Crippen molar-refractivity contribution >= 4 is 11.9 Å². The number of rotatable bonds is 10. The molecule has 1 aromatic rings. The average molecular weight is 391 g/mol. The molecule has 6 nitrogen and oxygen atoms in total. The molecule has 4 atom stereocenters. The SMILES string of the molecule is CNCCCCC1CCC(C(=O)N[C@@H](Cc2ccccc2)C(=O)OC)C(O)C1. The third kappa shape index (κ3) is 6.91. The van der Waals surface area contributed by atoms with Crippen LogP contribution in [0, 0.1) is 11.8 Å². The monoisotopic (exact) mass is 390 g/mol. The van der Waals surface area contributed by atoms with Crippen molar-refractivity contribution in [3.8, 4) is 0 Å². The molecule has 28 heavy (non-hydrogen) atoms. The van der Waals surface area contributed by atoms with E-state index in [1.54, 1.807) is 0 Å². The number of ether oxygens (including phenoxy) is 1. The molecule has 3 N–H and O–H groups in total. The Balaban J connectivity index is 1.88. The van der Waals surface area contributed by atoms with Crippen LogP contribution in [0.3, 0.4) is 0 Å². The molecule has 0 aliphatic heterocycles. The lowest BCUT2D eigenvalue weighted by Gasteiger charge is -2.33. The standard InChI is InChI=1S/C22H34N2O4/c1-23-13-7-6-10-17-11-12-18(20(25)15-17)21(26)24-19(22(27)28-2)14-16-8-4-3-5-9-16/h3-5,8-9,17-20,23,25H,6-7,10-15H2,1-2H3,(H,24,26)/t17?,18?,19-,20?/m0/s1. The van der Waals surface area contributed by atoms with Crippen molar-refractivity contribution in [3.63, 3.8) is 0 Å². The minimum atomic E-state index is -0.744. The molecule has 0 aromatic heterocycles. The van der Waals surface area contributed by atoms with E-state index in [2.05, 4.69) is 10.6 Å². The molecule has 2 rings (SSSR count). The number of carbonyl (C=O) groups is 2. The van der Waals surface area contributed by atoms with Crippen LogP contribution < -0.4 is 10.6 Å². The lowest BCUT2D eigenvalue weighted by atomic mass is 9.77. The molecule has 1 aromatic carbocycles. The van der Waals surface area contributed by atoms with E-state index >= 15 is 0 Å². The van der Waals surface area contributed by atoms with Gasteiger partial charge in [-0.05, 0) is 50.8 Å². The van der Waals surface area contributed by atoms with Crippen molar-refractivity contribution < 1.29 is 19.4 Å². The van der Waals surface area contributed by atoms with E-state index in [1.165, 1.54) is 7.11 Å². The van der Waals surface area contributed by atoms with Crippen LogP contribution in [0.2, 0.25) is 0 Å². The first-order valence-electron chi connectivity index (χ1n) is 10.3. The van der Waals surface area contributed by atoms with E-state index in [0.29, 0.717) is 25.2 Å². The summed E-state index contributed by atoms with van der Waals surface area (Å²) in [6.07, 6.45) is 5.32. The molecule has 0 heterocycles. The van der Waals surface area contributed by atoms with Crippen molar-refractivity contribution in [1.29, 1.82) is 0 Å². The van der Waals surface area contributed by atoms with E-state index in [1.807, 2.05) is 37.4 Å². The second-order valence-electron chi connectivity index (χ2n) is 7.73. The zero-order chi connectivity index (χ0) is 20.4.